The van der Waals surface area contributed by atoms with Crippen LogP contribution in [0.25, 0.3) is 10.8 Å². The third kappa shape index (κ3) is 5.33. The second-order valence-electron chi connectivity index (χ2n) is 6.96. The maximum absolute atomic E-state index is 12.6. The van der Waals surface area contributed by atoms with Gasteiger partial charge >= 0.3 is 0 Å². The van der Waals surface area contributed by atoms with E-state index in [1.807, 2.05) is 62.4 Å². The molecule has 0 aliphatic carbocycles. The molecule has 3 aromatic rings. The average Bonchev–Trinajstić information content (AvgIpc) is 2.71. The summed E-state index contributed by atoms with van der Waals surface area (Å²) in [5.41, 5.74) is 1.29. The summed E-state index contributed by atoms with van der Waals surface area (Å²) in [6.45, 7) is 4.02. The number of ether oxygens (including phenoxy) is 1. The zero-order valence-corrected chi connectivity index (χ0v) is 16.0. The Hall–Kier alpha value is -2.81. The van der Waals surface area contributed by atoms with Crippen molar-refractivity contribution in [3.05, 3.63) is 78.4 Å². The molecule has 0 saturated heterocycles. The molecule has 3 aromatic carbocycles. The van der Waals surface area contributed by atoms with Crippen LogP contribution in [0.5, 0.6) is 5.75 Å². The Morgan fingerprint density at radius 3 is 2.41 bits per heavy atom. The molecule has 0 radical (unpaired) electrons. The summed E-state index contributed by atoms with van der Waals surface area (Å²) in [6.07, 6.45) is 2.00. The number of hydrogen-bond acceptors (Lipinski definition) is 2. The van der Waals surface area contributed by atoms with Crippen molar-refractivity contribution in [2.75, 3.05) is 0 Å². The lowest BCUT2D eigenvalue weighted by atomic mass is 10.1. The molecule has 0 saturated carbocycles. The van der Waals surface area contributed by atoms with Crippen LogP contribution in [0.3, 0.4) is 0 Å². The topological polar surface area (TPSA) is 38.3 Å². The molecule has 1 N–H and O–H groups in total. The normalized spacial score (nSPS) is 13.1. The Labute approximate surface area is 161 Å². The van der Waals surface area contributed by atoms with Crippen LogP contribution in [0.1, 0.15) is 32.3 Å². The van der Waals surface area contributed by atoms with Gasteiger partial charge in [0.05, 0.1) is 0 Å². The molecular weight excluding hydrogens is 334 g/mol. The summed E-state index contributed by atoms with van der Waals surface area (Å²) in [4.78, 5) is 12.6. The predicted octanol–water partition coefficient (Wildman–Crippen LogP) is 5.13. The molecule has 0 spiro atoms. The van der Waals surface area contributed by atoms with E-state index in [-0.39, 0.29) is 11.9 Å². The van der Waals surface area contributed by atoms with E-state index in [1.165, 1.54) is 5.56 Å². The Morgan fingerprint density at radius 2 is 1.67 bits per heavy atom. The number of fused-ring (bicyclic) bond motifs is 1. The van der Waals surface area contributed by atoms with Crippen LogP contribution >= 0.6 is 0 Å². The molecule has 0 aliphatic rings. The van der Waals surface area contributed by atoms with Gasteiger partial charge in [-0.3, -0.25) is 4.79 Å². The zero-order valence-electron chi connectivity index (χ0n) is 16.0. The van der Waals surface area contributed by atoms with Gasteiger partial charge < -0.3 is 10.1 Å². The molecule has 3 rings (SSSR count). The second kappa shape index (κ2) is 9.22. The first-order valence-corrected chi connectivity index (χ1v) is 9.65. The lowest BCUT2D eigenvalue weighted by Crippen LogP contribution is -2.42. The van der Waals surface area contributed by atoms with Crippen LogP contribution in [-0.2, 0) is 11.2 Å². The standard InChI is InChI=1S/C24H27NO2/c1-3-23(27-22-16-15-20-11-7-8-12-21(20)17-22)24(26)25-18(2)13-14-19-9-5-4-6-10-19/h4-12,15-18,23H,3,13-14H2,1-2H3,(H,25,26). The minimum Gasteiger partial charge on any atom is -0.481 e. The van der Waals surface area contributed by atoms with Gasteiger partial charge in [0.2, 0.25) is 0 Å². The highest BCUT2D eigenvalue weighted by Crippen LogP contribution is 2.22. The fourth-order valence-electron chi connectivity index (χ4n) is 3.16. The van der Waals surface area contributed by atoms with Gasteiger partial charge in [-0.1, -0.05) is 67.6 Å². The number of nitrogens with one attached hydrogen (secondary N) is 1. The van der Waals surface area contributed by atoms with Crippen molar-refractivity contribution in [3.63, 3.8) is 0 Å². The molecule has 0 fully saturated rings. The Morgan fingerprint density at radius 1 is 0.963 bits per heavy atom. The number of carbonyl (C=O) groups is 1. The van der Waals surface area contributed by atoms with Crippen molar-refractivity contribution in [2.24, 2.45) is 0 Å². The number of amides is 1. The first-order chi connectivity index (χ1) is 13.2. The lowest BCUT2D eigenvalue weighted by Gasteiger charge is -2.21. The minimum absolute atomic E-state index is 0.0498. The van der Waals surface area contributed by atoms with E-state index >= 15 is 0 Å². The van der Waals surface area contributed by atoms with Crippen LogP contribution in [0.4, 0.5) is 0 Å². The van der Waals surface area contributed by atoms with E-state index in [9.17, 15) is 4.79 Å². The molecule has 0 aromatic heterocycles. The number of benzene rings is 3. The lowest BCUT2D eigenvalue weighted by molar-refractivity contribution is -0.128. The molecule has 0 aliphatic heterocycles. The SMILES string of the molecule is CCC(Oc1ccc2ccccc2c1)C(=O)NC(C)CCc1ccccc1. The van der Waals surface area contributed by atoms with Gasteiger partial charge in [-0.15, -0.1) is 0 Å². The Balaban J connectivity index is 1.56. The van der Waals surface area contributed by atoms with Gasteiger partial charge in [0.1, 0.15) is 5.75 Å². The van der Waals surface area contributed by atoms with Crippen molar-refractivity contribution in [1.82, 2.24) is 5.32 Å². The van der Waals surface area contributed by atoms with Gasteiger partial charge in [0, 0.05) is 6.04 Å². The van der Waals surface area contributed by atoms with Crippen LogP contribution in [-0.4, -0.2) is 18.1 Å². The minimum atomic E-state index is -0.481. The third-order valence-corrected chi connectivity index (χ3v) is 4.76. The van der Waals surface area contributed by atoms with E-state index in [0.717, 1.165) is 29.4 Å². The van der Waals surface area contributed by atoms with E-state index < -0.39 is 6.10 Å². The van der Waals surface area contributed by atoms with Crippen molar-refractivity contribution >= 4 is 16.7 Å². The molecule has 0 bridgehead atoms. The second-order valence-corrected chi connectivity index (χ2v) is 6.96. The maximum atomic E-state index is 12.6. The van der Waals surface area contributed by atoms with Gasteiger partial charge in [0.25, 0.3) is 5.91 Å². The molecule has 3 heteroatoms. The smallest absolute Gasteiger partial charge is 0.261 e. The van der Waals surface area contributed by atoms with Crippen molar-refractivity contribution in [3.8, 4) is 5.75 Å². The summed E-state index contributed by atoms with van der Waals surface area (Å²) in [6, 6.07) is 24.5. The maximum Gasteiger partial charge on any atom is 0.261 e. The van der Waals surface area contributed by atoms with Gasteiger partial charge in [-0.05, 0) is 54.7 Å². The van der Waals surface area contributed by atoms with E-state index in [0.29, 0.717) is 6.42 Å². The van der Waals surface area contributed by atoms with E-state index in [1.54, 1.807) is 0 Å². The van der Waals surface area contributed by atoms with Gasteiger partial charge in [-0.25, -0.2) is 0 Å². The fraction of sp³-hybridized carbons (Fsp3) is 0.292. The van der Waals surface area contributed by atoms with Crippen molar-refractivity contribution in [1.29, 1.82) is 0 Å². The zero-order chi connectivity index (χ0) is 19.1. The van der Waals surface area contributed by atoms with E-state index in [2.05, 4.69) is 29.6 Å². The molecule has 0 heterocycles. The fourth-order valence-corrected chi connectivity index (χ4v) is 3.16. The summed E-state index contributed by atoms with van der Waals surface area (Å²) in [5, 5.41) is 5.37. The average molecular weight is 361 g/mol. The van der Waals surface area contributed by atoms with E-state index in [4.69, 9.17) is 4.74 Å². The van der Waals surface area contributed by atoms with Crippen LogP contribution in [0.15, 0.2) is 72.8 Å². The van der Waals surface area contributed by atoms with Crippen molar-refractivity contribution in [2.45, 2.75) is 45.3 Å². The first kappa shape index (κ1) is 19.0. The Bertz CT molecular complexity index is 876. The molecule has 1 amide bonds. The summed E-state index contributed by atoms with van der Waals surface area (Å²) >= 11 is 0. The number of hydrogen-bond donors (Lipinski definition) is 1. The molecule has 140 valence electrons. The molecular formula is C24H27NO2. The summed E-state index contributed by atoms with van der Waals surface area (Å²) in [7, 11) is 0. The third-order valence-electron chi connectivity index (χ3n) is 4.76. The van der Waals surface area contributed by atoms with Gasteiger partial charge in [0.15, 0.2) is 6.10 Å². The van der Waals surface area contributed by atoms with Crippen molar-refractivity contribution < 1.29 is 9.53 Å². The van der Waals surface area contributed by atoms with Crippen LogP contribution in [0, 0.1) is 0 Å². The number of aryl methyl sites for hydroxylation is 1. The monoisotopic (exact) mass is 361 g/mol. The summed E-state index contributed by atoms with van der Waals surface area (Å²) in [5.74, 6) is 0.679. The predicted molar refractivity (Wildman–Crippen MR) is 111 cm³/mol. The quantitative estimate of drug-likeness (QED) is 0.604. The Kier molecular flexibility index (Phi) is 6.48. The molecule has 2 atom stereocenters. The first-order valence-electron chi connectivity index (χ1n) is 9.65. The number of carbonyl (C=O) groups excluding carboxylic acids is 1. The molecule has 2 unspecified atom stereocenters. The highest BCUT2D eigenvalue weighted by atomic mass is 16.5. The molecule has 27 heavy (non-hydrogen) atoms. The van der Waals surface area contributed by atoms with Crippen LogP contribution in [0.2, 0.25) is 0 Å². The molecule has 3 nitrogen and oxygen atoms in total. The summed E-state index contributed by atoms with van der Waals surface area (Å²) < 4.78 is 5.99. The number of rotatable bonds is 8. The highest BCUT2D eigenvalue weighted by molar-refractivity contribution is 5.84. The largest absolute Gasteiger partial charge is 0.481 e. The highest BCUT2D eigenvalue weighted by Gasteiger charge is 2.20. The van der Waals surface area contributed by atoms with Gasteiger partial charge in [-0.2, -0.15) is 0 Å². The van der Waals surface area contributed by atoms with Crippen LogP contribution < -0.4 is 10.1 Å².